The van der Waals surface area contributed by atoms with E-state index in [4.69, 9.17) is 0 Å². The third kappa shape index (κ3) is 7.51. The van der Waals surface area contributed by atoms with Crippen molar-refractivity contribution in [3.8, 4) is 44.8 Å². The van der Waals surface area contributed by atoms with E-state index in [0.29, 0.717) is 0 Å². The van der Waals surface area contributed by atoms with Crippen LogP contribution < -0.4 is 4.90 Å². The Morgan fingerprint density at radius 1 is 0.365 bits per heavy atom. The number of benzene rings is 10. The first-order valence-electron chi connectivity index (χ1n) is 26.1. The maximum atomic E-state index is 2.58. The summed E-state index contributed by atoms with van der Waals surface area (Å²) in [5.41, 5.74) is 25.2. The Labute approximate surface area is 432 Å². The van der Waals surface area contributed by atoms with Gasteiger partial charge in [-0.15, -0.1) is 0 Å². The molecule has 2 aromatic heterocycles. The Balaban J connectivity index is 0.952. The van der Waals surface area contributed by atoms with Crippen LogP contribution in [0.15, 0.2) is 248 Å². The van der Waals surface area contributed by atoms with Gasteiger partial charge in [0.15, 0.2) is 0 Å². The average Bonchev–Trinajstić information content (AvgIpc) is 3.99. The molecule has 0 amide bonds. The number of nitrogens with zero attached hydrogens (tertiary/aromatic N) is 3. The van der Waals surface area contributed by atoms with Gasteiger partial charge in [0.05, 0.1) is 16.7 Å². The minimum absolute atomic E-state index is 0.872. The topological polar surface area (TPSA) is 13.1 Å². The Kier molecular flexibility index (Phi) is 10.7. The van der Waals surface area contributed by atoms with E-state index in [9.17, 15) is 0 Å². The quantitative estimate of drug-likeness (QED) is 0.141. The molecule has 2 aliphatic carbocycles. The smallest absolute Gasteiger partial charge is 0.0539 e. The van der Waals surface area contributed by atoms with E-state index in [0.717, 1.165) is 31.4 Å². The molecule has 10 aromatic carbocycles. The van der Waals surface area contributed by atoms with Gasteiger partial charge >= 0.3 is 0 Å². The van der Waals surface area contributed by atoms with Crippen molar-refractivity contribution in [2.75, 3.05) is 4.90 Å². The predicted molar refractivity (Wildman–Crippen MR) is 313 cm³/mol. The highest BCUT2D eigenvalue weighted by atomic mass is 15.2. The number of aromatic nitrogens is 2. The van der Waals surface area contributed by atoms with Crippen molar-refractivity contribution >= 4 is 61.7 Å². The van der Waals surface area contributed by atoms with Crippen molar-refractivity contribution in [1.82, 2.24) is 9.13 Å². The molecule has 0 unspecified atom stereocenters. The van der Waals surface area contributed by atoms with Crippen molar-refractivity contribution < 1.29 is 0 Å². The van der Waals surface area contributed by atoms with E-state index in [2.05, 4.69) is 276 Å². The number of para-hydroxylation sites is 2. The number of aryl methyl sites for hydroxylation is 1. The third-order valence-electron chi connectivity index (χ3n) is 15.7. The second kappa shape index (κ2) is 18.1. The molecule has 0 spiro atoms. The largest absolute Gasteiger partial charge is 0.314 e. The molecular formula is C71H53N3. The molecule has 2 aliphatic rings. The summed E-state index contributed by atoms with van der Waals surface area (Å²) in [6.07, 6.45) is 8.70. The second-order valence-electron chi connectivity index (χ2n) is 20.0. The summed E-state index contributed by atoms with van der Waals surface area (Å²) in [6, 6.07) is 89.3. The second-order valence-corrected chi connectivity index (χ2v) is 20.0. The summed E-state index contributed by atoms with van der Waals surface area (Å²) in [7, 11) is 0. The zero-order valence-electron chi connectivity index (χ0n) is 41.4. The lowest BCUT2D eigenvalue weighted by molar-refractivity contribution is 0.839. The van der Waals surface area contributed by atoms with Gasteiger partial charge in [0.25, 0.3) is 0 Å². The van der Waals surface area contributed by atoms with Gasteiger partial charge < -0.3 is 14.0 Å². The van der Waals surface area contributed by atoms with Gasteiger partial charge in [-0.25, -0.2) is 0 Å². The summed E-state index contributed by atoms with van der Waals surface area (Å²) in [6.45, 7) is 2.25. The number of hydrogen-bond donors (Lipinski definition) is 0. The fraction of sp³-hybridized carbons (Fsp3) is 0.0704. The Bertz CT molecular complexity index is 4150. The lowest BCUT2D eigenvalue weighted by Crippen LogP contribution is -2.20. The fourth-order valence-electron chi connectivity index (χ4n) is 12.1. The minimum Gasteiger partial charge on any atom is -0.314 e. The van der Waals surface area contributed by atoms with E-state index in [1.807, 2.05) is 0 Å². The van der Waals surface area contributed by atoms with Crippen LogP contribution >= 0.6 is 0 Å². The Morgan fingerprint density at radius 3 is 1.58 bits per heavy atom. The molecule has 352 valence electrons. The van der Waals surface area contributed by atoms with Gasteiger partial charge in [0.1, 0.15) is 0 Å². The Hall–Kier alpha value is -9.18. The highest BCUT2D eigenvalue weighted by Gasteiger charge is 2.28. The molecule has 14 rings (SSSR count). The molecule has 3 heteroatoms. The van der Waals surface area contributed by atoms with Crippen LogP contribution in [-0.2, 0) is 12.8 Å². The molecule has 0 saturated carbocycles. The molecule has 3 nitrogen and oxygen atoms in total. The summed E-state index contributed by atoms with van der Waals surface area (Å²) in [4.78, 5) is 2.58. The van der Waals surface area contributed by atoms with Crippen molar-refractivity contribution in [3.05, 3.63) is 282 Å². The number of allylic oxidation sites excluding steroid dienone is 2. The molecule has 0 N–H and O–H groups in total. The van der Waals surface area contributed by atoms with Crippen LogP contribution in [0, 0.1) is 6.92 Å². The zero-order valence-corrected chi connectivity index (χ0v) is 41.4. The lowest BCUT2D eigenvalue weighted by atomic mass is 9.89. The third-order valence-corrected chi connectivity index (χ3v) is 15.7. The molecule has 0 fully saturated rings. The lowest BCUT2D eigenvalue weighted by Gasteiger charge is -2.31. The normalized spacial score (nSPS) is 13.1. The first-order valence-corrected chi connectivity index (χ1v) is 26.1. The Morgan fingerprint density at radius 2 is 0.892 bits per heavy atom. The van der Waals surface area contributed by atoms with E-state index in [-0.39, 0.29) is 0 Å². The first kappa shape index (κ1) is 43.6. The average molecular weight is 948 g/mol. The van der Waals surface area contributed by atoms with Gasteiger partial charge in [-0.05, 0) is 161 Å². The molecule has 2 heterocycles. The van der Waals surface area contributed by atoms with E-state index in [1.54, 1.807) is 0 Å². The van der Waals surface area contributed by atoms with Gasteiger partial charge in [0, 0.05) is 61.4 Å². The van der Waals surface area contributed by atoms with Crippen LogP contribution in [0.5, 0.6) is 0 Å². The standard InChI is InChI=1S/C71H53N3/c1-48-43-54(33-38-61(48)52-19-8-3-9-20-52)56-35-40-69-64(45-56)66-47-60(37-42-71(66)74(69)58-25-12-5-13-26-58)72(67-28-16-22-53-21-14-15-27-62(53)67)59-36-41-70-65(46-59)63-44-55(34-39-68(63)73(70)57-23-10-4-11-24-57)51-31-29-50(30-32-51)49-17-6-2-7-18-49/h2-34,37-39,42-47H,35-36,40-41H2,1H3. The van der Waals surface area contributed by atoms with E-state index in [1.165, 1.54) is 128 Å². The molecule has 74 heavy (non-hydrogen) atoms. The minimum atomic E-state index is 0.872. The van der Waals surface area contributed by atoms with Crippen molar-refractivity contribution in [3.63, 3.8) is 0 Å². The summed E-state index contributed by atoms with van der Waals surface area (Å²) in [5.74, 6) is 0. The van der Waals surface area contributed by atoms with E-state index >= 15 is 0 Å². The van der Waals surface area contributed by atoms with Gasteiger partial charge in [-0.2, -0.15) is 0 Å². The SMILES string of the molecule is Cc1cc(C2=Cc3c(n(-c4ccccc4)c4ccc(N(C5=Cc6c(n(-c7ccccc7)c7ccc(-c8ccc(-c9ccccc9)cc8)cc67)CC5)c5cccc6ccccc56)cc34)CC2)ccc1-c1ccccc1. The number of anilines is 2. The van der Waals surface area contributed by atoms with Crippen LogP contribution in [0.4, 0.5) is 11.4 Å². The number of rotatable bonds is 9. The molecule has 0 radical (unpaired) electrons. The monoisotopic (exact) mass is 947 g/mol. The van der Waals surface area contributed by atoms with Crippen LogP contribution in [0.1, 0.15) is 46.5 Å². The molecule has 0 atom stereocenters. The number of hydrogen-bond acceptors (Lipinski definition) is 1. The van der Waals surface area contributed by atoms with Crippen molar-refractivity contribution in [1.29, 1.82) is 0 Å². The predicted octanol–water partition coefficient (Wildman–Crippen LogP) is 18.6. The highest BCUT2D eigenvalue weighted by molar-refractivity contribution is 6.04. The van der Waals surface area contributed by atoms with Crippen molar-refractivity contribution in [2.45, 2.75) is 32.6 Å². The highest BCUT2D eigenvalue weighted by Crippen LogP contribution is 2.46. The van der Waals surface area contributed by atoms with Gasteiger partial charge in [0.2, 0.25) is 0 Å². The van der Waals surface area contributed by atoms with Crippen LogP contribution in [0.2, 0.25) is 0 Å². The van der Waals surface area contributed by atoms with E-state index < -0.39 is 0 Å². The molecule has 0 bridgehead atoms. The van der Waals surface area contributed by atoms with Crippen molar-refractivity contribution in [2.24, 2.45) is 0 Å². The maximum Gasteiger partial charge on any atom is 0.0539 e. The maximum absolute atomic E-state index is 2.58. The molecular weight excluding hydrogens is 895 g/mol. The molecule has 12 aromatic rings. The van der Waals surface area contributed by atoms with Gasteiger partial charge in [-0.3, -0.25) is 0 Å². The van der Waals surface area contributed by atoms with Gasteiger partial charge in [-0.1, -0.05) is 182 Å². The van der Waals surface area contributed by atoms with Crippen LogP contribution in [0.25, 0.3) is 95.1 Å². The summed E-state index contributed by atoms with van der Waals surface area (Å²) >= 11 is 0. The fourth-order valence-corrected chi connectivity index (χ4v) is 12.1. The van der Waals surface area contributed by atoms with Crippen LogP contribution in [0.3, 0.4) is 0 Å². The number of fused-ring (bicyclic) bond motifs is 7. The molecule has 0 aliphatic heterocycles. The first-order chi connectivity index (χ1) is 36.6. The van der Waals surface area contributed by atoms with Crippen LogP contribution in [-0.4, -0.2) is 9.13 Å². The zero-order chi connectivity index (χ0) is 49.1. The molecule has 0 saturated heterocycles. The summed E-state index contributed by atoms with van der Waals surface area (Å²) < 4.78 is 5.03. The summed E-state index contributed by atoms with van der Waals surface area (Å²) in [5, 5.41) is 4.99.